The first kappa shape index (κ1) is 21.7. The summed E-state index contributed by atoms with van der Waals surface area (Å²) >= 11 is 0. The van der Waals surface area contributed by atoms with Crippen LogP contribution in [0, 0.1) is 0 Å². The highest BCUT2D eigenvalue weighted by Gasteiger charge is 2.32. The topological polar surface area (TPSA) is 87.2 Å². The molecule has 160 valence electrons. The Bertz CT molecular complexity index is 826. The average Bonchev–Trinajstić information content (AvgIpc) is 3.03. The van der Waals surface area contributed by atoms with Crippen molar-refractivity contribution in [3.8, 4) is 0 Å². The molecule has 0 aliphatic carbocycles. The Morgan fingerprint density at radius 1 is 0.931 bits per heavy atom. The van der Waals surface area contributed by atoms with Gasteiger partial charge in [-0.15, -0.1) is 0 Å². The first-order chi connectivity index (χ1) is 13.9. The SMILES string of the molecule is COC(=O)c1ccccc1S(=O)(=O)N1CCN(CC(=O)N2CCCCCC2)CC1. The Hall–Kier alpha value is -1.97. The molecule has 1 aromatic rings. The van der Waals surface area contributed by atoms with Crippen LogP contribution < -0.4 is 0 Å². The largest absolute Gasteiger partial charge is 0.465 e. The quantitative estimate of drug-likeness (QED) is 0.661. The van der Waals surface area contributed by atoms with Crippen LogP contribution in [-0.4, -0.2) is 87.3 Å². The van der Waals surface area contributed by atoms with E-state index in [-0.39, 0.29) is 29.5 Å². The number of piperazine rings is 1. The van der Waals surface area contributed by atoms with E-state index in [0.29, 0.717) is 19.6 Å². The fourth-order valence-electron chi connectivity index (χ4n) is 3.85. The van der Waals surface area contributed by atoms with Crippen LogP contribution >= 0.6 is 0 Å². The number of rotatable bonds is 5. The van der Waals surface area contributed by atoms with Crippen LogP contribution in [0.4, 0.5) is 0 Å². The Labute approximate surface area is 172 Å². The molecule has 0 N–H and O–H groups in total. The molecule has 9 heteroatoms. The van der Waals surface area contributed by atoms with Crippen LogP contribution in [0.25, 0.3) is 0 Å². The lowest BCUT2D eigenvalue weighted by molar-refractivity contribution is -0.132. The van der Waals surface area contributed by atoms with Gasteiger partial charge in [0.15, 0.2) is 0 Å². The molecular weight excluding hydrogens is 394 g/mol. The van der Waals surface area contributed by atoms with Crippen molar-refractivity contribution >= 4 is 21.9 Å². The molecule has 1 amide bonds. The fourth-order valence-corrected chi connectivity index (χ4v) is 5.45. The van der Waals surface area contributed by atoms with Crippen molar-refractivity contribution in [3.63, 3.8) is 0 Å². The molecule has 1 aromatic carbocycles. The number of carbonyl (C=O) groups excluding carboxylic acids is 2. The Morgan fingerprint density at radius 3 is 2.17 bits per heavy atom. The fraction of sp³-hybridized carbons (Fsp3) is 0.600. The zero-order valence-electron chi connectivity index (χ0n) is 16.9. The van der Waals surface area contributed by atoms with E-state index in [4.69, 9.17) is 4.74 Å². The van der Waals surface area contributed by atoms with Gasteiger partial charge in [0.25, 0.3) is 0 Å². The molecule has 0 bridgehead atoms. The van der Waals surface area contributed by atoms with Gasteiger partial charge in [0.1, 0.15) is 0 Å². The molecule has 0 atom stereocenters. The van der Waals surface area contributed by atoms with E-state index in [2.05, 4.69) is 0 Å². The molecule has 0 unspecified atom stereocenters. The van der Waals surface area contributed by atoms with E-state index < -0.39 is 16.0 Å². The highest BCUT2D eigenvalue weighted by atomic mass is 32.2. The van der Waals surface area contributed by atoms with Crippen LogP contribution in [-0.2, 0) is 19.6 Å². The molecule has 0 saturated carbocycles. The van der Waals surface area contributed by atoms with E-state index in [1.807, 2.05) is 9.80 Å². The van der Waals surface area contributed by atoms with Gasteiger partial charge in [-0.3, -0.25) is 9.69 Å². The number of nitrogens with zero attached hydrogens (tertiary/aromatic N) is 3. The number of methoxy groups -OCH3 is 1. The van der Waals surface area contributed by atoms with Gasteiger partial charge >= 0.3 is 5.97 Å². The summed E-state index contributed by atoms with van der Waals surface area (Å²) in [6.07, 6.45) is 4.45. The van der Waals surface area contributed by atoms with Crippen LogP contribution in [0.2, 0.25) is 0 Å². The molecular formula is C20H29N3O5S. The molecule has 0 spiro atoms. The van der Waals surface area contributed by atoms with Crippen molar-refractivity contribution in [1.82, 2.24) is 14.1 Å². The number of benzene rings is 1. The normalized spacial score (nSPS) is 19.6. The zero-order valence-corrected chi connectivity index (χ0v) is 17.7. The van der Waals surface area contributed by atoms with Gasteiger partial charge in [-0.1, -0.05) is 25.0 Å². The highest BCUT2D eigenvalue weighted by molar-refractivity contribution is 7.89. The predicted molar refractivity (Wildman–Crippen MR) is 108 cm³/mol. The molecule has 2 aliphatic rings. The predicted octanol–water partition coefficient (Wildman–Crippen LogP) is 1.18. The lowest BCUT2D eigenvalue weighted by atomic mass is 10.2. The van der Waals surface area contributed by atoms with Gasteiger partial charge in [-0.25, -0.2) is 13.2 Å². The molecule has 3 rings (SSSR count). The van der Waals surface area contributed by atoms with E-state index in [9.17, 15) is 18.0 Å². The number of ether oxygens (including phenoxy) is 1. The smallest absolute Gasteiger partial charge is 0.339 e. The van der Waals surface area contributed by atoms with Crippen LogP contribution in [0.15, 0.2) is 29.2 Å². The second-order valence-electron chi connectivity index (χ2n) is 7.46. The van der Waals surface area contributed by atoms with Crippen molar-refractivity contribution in [2.75, 3.05) is 52.9 Å². The van der Waals surface area contributed by atoms with Gasteiger partial charge in [0.05, 0.1) is 24.1 Å². The number of hydrogen-bond acceptors (Lipinski definition) is 6. The highest BCUT2D eigenvalue weighted by Crippen LogP contribution is 2.22. The third kappa shape index (κ3) is 5.15. The molecule has 2 aliphatic heterocycles. The minimum atomic E-state index is -3.81. The molecule has 0 radical (unpaired) electrons. The van der Waals surface area contributed by atoms with Gasteiger partial charge in [0, 0.05) is 39.3 Å². The van der Waals surface area contributed by atoms with Crippen molar-refractivity contribution in [2.24, 2.45) is 0 Å². The van der Waals surface area contributed by atoms with E-state index in [1.165, 1.54) is 36.4 Å². The van der Waals surface area contributed by atoms with Crippen molar-refractivity contribution < 1.29 is 22.7 Å². The molecule has 2 heterocycles. The number of sulfonamides is 1. The minimum absolute atomic E-state index is 0.0359. The van der Waals surface area contributed by atoms with Gasteiger partial charge < -0.3 is 9.64 Å². The monoisotopic (exact) mass is 423 g/mol. The lowest BCUT2D eigenvalue weighted by Crippen LogP contribution is -2.51. The Morgan fingerprint density at radius 2 is 1.55 bits per heavy atom. The third-order valence-corrected chi connectivity index (χ3v) is 7.52. The van der Waals surface area contributed by atoms with Gasteiger partial charge in [0.2, 0.25) is 15.9 Å². The number of amides is 1. The van der Waals surface area contributed by atoms with Gasteiger partial charge in [-0.2, -0.15) is 4.31 Å². The number of esters is 1. The standard InChI is InChI=1S/C20H29N3O5S/c1-28-20(25)17-8-4-5-9-18(17)29(26,27)23-14-12-21(13-15-23)16-19(24)22-10-6-2-3-7-11-22/h4-5,8-9H,2-3,6-7,10-16H2,1H3. The van der Waals surface area contributed by atoms with Crippen LogP contribution in [0.3, 0.4) is 0 Å². The number of carbonyl (C=O) groups is 2. The van der Waals surface area contributed by atoms with Crippen molar-refractivity contribution in [2.45, 2.75) is 30.6 Å². The van der Waals surface area contributed by atoms with Crippen molar-refractivity contribution in [3.05, 3.63) is 29.8 Å². The van der Waals surface area contributed by atoms with Crippen LogP contribution in [0.5, 0.6) is 0 Å². The summed E-state index contributed by atoms with van der Waals surface area (Å²) in [7, 11) is -2.59. The zero-order chi connectivity index (χ0) is 20.9. The first-order valence-corrected chi connectivity index (χ1v) is 11.5. The summed E-state index contributed by atoms with van der Waals surface area (Å²) in [6.45, 7) is 3.50. The lowest BCUT2D eigenvalue weighted by Gasteiger charge is -2.34. The summed E-state index contributed by atoms with van der Waals surface area (Å²) in [4.78, 5) is 28.4. The Balaban J connectivity index is 1.61. The summed E-state index contributed by atoms with van der Waals surface area (Å²) in [5.41, 5.74) is 0.0359. The molecule has 29 heavy (non-hydrogen) atoms. The molecule has 2 fully saturated rings. The maximum atomic E-state index is 13.1. The van der Waals surface area contributed by atoms with Crippen molar-refractivity contribution in [1.29, 1.82) is 0 Å². The van der Waals surface area contributed by atoms with E-state index in [0.717, 1.165) is 25.9 Å². The van der Waals surface area contributed by atoms with E-state index in [1.54, 1.807) is 12.1 Å². The summed E-state index contributed by atoms with van der Waals surface area (Å²) in [6, 6.07) is 6.08. The Kier molecular flexibility index (Phi) is 7.26. The summed E-state index contributed by atoms with van der Waals surface area (Å²) in [5, 5.41) is 0. The minimum Gasteiger partial charge on any atom is -0.465 e. The second kappa shape index (κ2) is 9.69. The number of likely N-dealkylation sites (tertiary alicyclic amines) is 1. The van der Waals surface area contributed by atoms with E-state index >= 15 is 0 Å². The summed E-state index contributed by atoms with van der Waals surface area (Å²) in [5.74, 6) is -0.551. The maximum absolute atomic E-state index is 13.1. The maximum Gasteiger partial charge on any atom is 0.339 e. The third-order valence-electron chi connectivity index (χ3n) is 5.56. The molecule has 0 aromatic heterocycles. The first-order valence-electron chi connectivity index (χ1n) is 10.1. The number of hydrogen-bond donors (Lipinski definition) is 0. The average molecular weight is 424 g/mol. The van der Waals surface area contributed by atoms with Crippen LogP contribution in [0.1, 0.15) is 36.0 Å². The summed E-state index contributed by atoms with van der Waals surface area (Å²) < 4.78 is 32.2. The molecule has 2 saturated heterocycles. The molecule has 8 nitrogen and oxygen atoms in total. The second-order valence-corrected chi connectivity index (χ2v) is 9.37. The van der Waals surface area contributed by atoms with Gasteiger partial charge in [-0.05, 0) is 25.0 Å².